The molecular weight excluding hydrogens is 172 g/mol. The second-order valence-corrected chi connectivity index (χ2v) is 3.98. The van der Waals surface area contributed by atoms with Crippen molar-refractivity contribution in [3.05, 3.63) is 29.1 Å². The number of aryl methyl sites for hydroxylation is 2. The summed E-state index contributed by atoms with van der Waals surface area (Å²) in [5, 5.41) is 4.42. The van der Waals surface area contributed by atoms with E-state index in [4.69, 9.17) is 0 Å². The van der Waals surface area contributed by atoms with Gasteiger partial charge >= 0.3 is 0 Å². The predicted molar refractivity (Wildman–Crippen MR) is 60.4 cm³/mol. The van der Waals surface area contributed by atoms with Crippen LogP contribution in [-0.4, -0.2) is 9.78 Å². The van der Waals surface area contributed by atoms with Gasteiger partial charge in [0.05, 0.1) is 5.69 Å². The molecule has 0 saturated heterocycles. The Hall–Kier alpha value is -1.05. The number of hydrogen-bond donors (Lipinski definition) is 0. The highest BCUT2D eigenvalue weighted by Gasteiger charge is 2.10. The van der Waals surface area contributed by atoms with E-state index in [1.807, 2.05) is 11.7 Å². The molecule has 78 valence electrons. The fourth-order valence-electron chi connectivity index (χ4n) is 1.83. The van der Waals surface area contributed by atoms with E-state index in [-0.39, 0.29) is 0 Å². The van der Waals surface area contributed by atoms with Crippen LogP contribution < -0.4 is 0 Å². The quantitative estimate of drug-likeness (QED) is 0.673. The summed E-state index contributed by atoms with van der Waals surface area (Å²) < 4.78 is 1.97. The van der Waals surface area contributed by atoms with E-state index >= 15 is 0 Å². The monoisotopic (exact) mass is 192 g/mol. The maximum absolute atomic E-state index is 4.42. The van der Waals surface area contributed by atoms with Crippen molar-refractivity contribution in [2.75, 3.05) is 0 Å². The SMILES string of the molecule is C/C=C\C(C)Cc1c(C)nn(C)c1C. The zero-order valence-corrected chi connectivity index (χ0v) is 9.83. The summed E-state index contributed by atoms with van der Waals surface area (Å²) in [6, 6.07) is 0. The van der Waals surface area contributed by atoms with E-state index < -0.39 is 0 Å². The van der Waals surface area contributed by atoms with Crippen LogP contribution in [0, 0.1) is 19.8 Å². The first-order chi connectivity index (χ1) is 6.56. The summed E-state index contributed by atoms with van der Waals surface area (Å²) in [7, 11) is 2.01. The van der Waals surface area contributed by atoms with E-state index in [1.165, 1.54) is 17.0 Å². The Kier molecular flexibility index (Phi) is 3.50. The summed E-state index contributed by atoms with van der Waals surface area (Å²) in [6.07, 6.45) is 5.45. The summed E-state index contributed by atoms with van der Waals surface area (Å²) in [4.78, 5) is 0. The highest BCUT2D eigenvalue weighted by Crippen LogP contribution is 2.17. The number of hydrogen-bond acceptors (Lipinski definition) is 1. The minimum atomic E-state index is 0.599. The lowest BCUT2D eigenvalue weighted by Gasteiger charge is -2.06. The third-order valence-electron chi connectivity index (χ3n) is 2.71. The van der Waals surface area contributed by atoms with Gasteiger partial charge < -0.3 is 0 Å². The zero-order chi connectivity index (χ0) is 10.7. The van der Waals surface area contributed by atoms with Crippen LogP contribution in [-0.2, 0) is 13.5 Å². The van der Waals surface area contributed by atoms with Gasteiger partial charge in [-0.3, -0.25) is 4.68 Å². The van der Waals surface area contributed by atoms with Crippen molar-refractivity contribution in [1.29, 1.82) is 0 Å². The van der Waals surface area contributed by atoms with Crippen molar-refractivity contribution < 1.29 is 0 Å². The fourth-order valence-corrected chi connectivity index (χ4v) is 1.83. The summed E-state index contributed by atoms with van der Waals surface area (Å²) >= 11 is 0. The Morgan fingerprint density at radius 1 is 1.43 bits per heavy atom. The highest BCUT2D eigenvalue weighted by molar-refractivity contribution is 5.25. The second kappa shape index (κ2) is 4.45. The van der Waals surface area contributed by atoms with Gasteiger partial charge in [0.25, 0.3) is 0 Å². The van der Waals surface area contributed by atoms with E-state index in [0.29, 0.717) is 5.92 Å². The molecule has 1 atom stereocenters. The van der Waals surface area contributed by atoms with Crippen molar-refractivity contribution in [3.63, 3.8) is 0 Å². The molecule has 0 saturated carbocycles. The number of allylic oxidation sites excluding steroid dienone is 2. The minimum Gasteiger partial charge on any atom is -0.272 e. The van der Waals surface area contributed by atoms with E-state index in [1.54, 1.807) is 0 Å². The minimum absolute atomic E-state index is 0.599. The number of nitrogens with zero attached hydrogens (tertiary/aromatic N) is 2. The first kappa shape index (κ1) is 11.0. The molecule has 0 aromatic carbocycles. The lowest BCUT2D eigenvalue weighted by Crippen LogP contribution is -1.99. The first-order valence-electron chi connectivity index (χ1n) is 5.18. The van der Waals surface area contributed by atoms with Gasteiger partial charge in [-0.25, -0.2) is 0 Å². The Morgan fingerprint density at radius 2 is 2.07 bits per heavy atom. The third-order valence-corrected chi connectivity index (χ3v) is 2.71. The molecule has 1 heterocycles. The van der Waals surface area contributed by atoms with Crippen molar-refractivity contribution in [1.82, 2.24) is 9.78 Å². The predicted octanol–water partition coefficient (Wildman–Crippen LogP) is 2.79. The average molecular weight is 192 g/mol. The van der Waals surface area contributed by atoms with Gasteiger partial charge in [0.2, 0.25) is 0 Å². The Balaban J connectivity index is 2.85. The smallest absolute Gasteiger partial charge is 0.0628 e. The molecule has 1 rings (SSSR count). The summed E-state index contributed by atoms with van der Waals surface area (Å²) in [6.45, 7) is 8.54. The van der Waals surface area contributed by atoms with Crippen LogP contribution in [0.15, 0.2) is 12.2 Å². The molecule has 0 amide bonds. The molecule has 0 aliphatic rings. The molecule has 14 heavy (non-hydrogen) atoms. The van der Waals surface area contributed by atoms with Gasteiger partial charge in [-0.1, -0.05) is 19.1 Å². The standard InChI is InChI=1S/C12H20N2/c1-6-7-9(2)8-12-10(3)13-14(5)11(12)4/h6-7,9H,8H2,1-5H3/b7-6-. The molecule has 0 aliphatic carbocycles. The van der Waals surface area contributed by atoms with E-state index in [9.17, 15) is 0 Å². The van der Waals surface area contributed by atoms with Crippen molar-refractivity contribution in [2.24, 2.45) is 13.0 Å². The van der Waals surface area contributed by atoms with Gasteiger partial charge in [0, 0.05) is 12.7 Å². The Labute approximate surface area is 86.6 Å². The van der Waals surface area contributed by atoms with Gasteiger partial charge in [-0.15, -0.1) is 0 Å². The van der Waals surface area contributed by atoms with Crippen molar-refractivity contribution >= 4 is 0 Å². The molecule has 0 spiro atoms. The lowest BCUT2D eigenvalue weighted by atomic mass is 9.99. The first-order valence-corrected chi connectivity index (χ1v) is 5.18. The van der Waals surface area contributed by atoms with Crippen LogP contribution >= 0.6 is 0 Å². The number of aromatic nitrogens is 2. The molecule has 1 aromatic rings. The molecule has 0 bridgehead atoms. The molecule has 0 fully saturated rings. The summed E-state index contributed by atoms with van der Waals surface area (Å²) in [5.74, 6) is 0.599. The van der Waals surface area contributed by atoms with Crippen LogP contribution in [0.25, 0.3) is 0 Å². The van der Waals surface area contributed by atoms with E-state index in [0.717, 1.165) is 6.42 Å². The van der Waals surface area contributed by atoms with E-state index in [2.05, 4.69) is 44.9 Å². The fraction of sp³-hybridized carbons (Fsp3) is 0.583. The molecule has 1 unspecified atom stereocenters. The Morgan fingerprint density at radius 3 is 2.50 bits per heavy atom. The largest absolute Gasteiger partial charge is 0.272 e. The summed E-state index contributed by atoms with van der Waals surface area (Å²) in [5.41, 5.74) is 3.86. The highest BCUT2D eigenvalue weighted by atomic mass is 15.3. The van der Waals surface area contributed by atoms with Crippen molar-refractivity contribution in [3.8, 4) is 0 Å². The molecule has 1 aromatic heterocycles. The molecule has 0 N–H and O–H groups in total. The van der Waals surface area contributed by atoms with Crippen LogP contribution in [0.2, 0.25) is 0 Å². The molecule has 2 heteroatoms. The van der Waals surface area contributed by atoms with Crippen LogP contribution in [0.5, 0.6) is 0 Å². The molecule has 0 aliphatic heterocycles. The normalized spacial score (nSPS) is 13.8. The lowest BCUT2D eigenvalue weighted by molar-refractivity contribution is 0.707. The third kappa shape index (κ3) is 2.25. The van der Waals surface area contributed by atoms with Crippen LogP contribution in [0.4, 0.5) is 0 Å². The topological polar surface area (TPSA) is 17.8 Å². The maximum atomic E-state index is 4.42. The average Bonchev–Trinajstić information content (AvgIpc) is 2.33. The molecule has 2 nitrogen and oxygen atoms in total. The van der Waals surface area contributed by atoms with Crippen molar-refractivity contribution in [2.45, 2.75) is 34.1 Å². The van der Waals surface area contributed by atoms with Gasteiger partial charge in [0.1, 0.15) is 0 Å². The maximum Gasteiger partial charge on any atom is 0.0628 e. The van der Waals surface area contributed by atoms with Crippen LogP contribution in [0.3, 0.4) is 0 Å². The molecular formula is C12H20N2. The zero-order valence-electron chi connectivity index (χ0n) is 9.83. The van der Waals surface area contributed by atoms with Gasteiger partial charge in [-0.2, -0.15) is 5.10 Å². The van der Waals surface area contributed by atoms with Crippen LogP contribution in [0.1, 0.15) is 30.8 Å². The van der Waals surface area contributed by atoms with Gasteiger partial charge in [-0.05, 0) is 38.7 Å². The van der Waals surface area contributed by atoms with Gasteiger partial charge in [0.15, 0.2) is 0 Å². The second-order valence-electron chi connectivity index (χ2n) is 3.98. The Bertz CT molecular complexity index is 334. The molecule has 0 radical (unpaired) electrons. The number of rotatable bonds is 3.